The maximum atomic E-state index is 12.2. The Hall–Kier alpha value is 0.150. The molecule has 0 heterocycles. The quantitative estimate of drug-likeness (QED) is 0.623. The van der Waals surface area contributed by atoms with E-state index in [0.717, 1.165) is 19.0 Å². The highest BCUT2D eigenvalue weighted by Crippen LogP contribution is 2.49. The molecule has 0 rings (SSSR count). The molecule has 0 aromatic carbocycles. The highest BCUT2D eigenvalue weighted by molar-refractivity contribution is 7.58. The van der Waals surface area contributed by atoms with Crippen LogP contribution >= 0.6 is 7.44 Å². The molecule has 0 atom stereocenters. The summed E-state index contributed by atoms with van der Waals surface area (Å²) >= 11 is 0. The van der Waals surface area contributed by atoms with E-state index in [9.17, 15) is 4.57 Å². The van der Waals surface area contributed by atoms with Crippen LogP contribution in [0, 0.1) is 0 Å². The van der Waals surface area contributed by atoms with E-state index in [2.05, 4.69) is 6.92 Å². The third-order valence-electron chi connectivity index (χ3n) is 2.05. The maximum Gasteiger partial charge on any atom is 0.215 e. The Morgan fingerprint density at radius 2 is 1.50 bits per heavy atom. The first-order chi connectivity index (χ1) is 5.45. The number of nitrogens with zero attached hydrogens (tertiary/aromatic N) is 2. The van der Waals surface area contributed by atoms with Gasteiger partial charge in [0.2, 0.25) is 7.44 Å². The molecular weight excluding hydrogens is 171 g/mol. The van der Waals surface area contributed by atoms with Gasteiger partial charge in [-0.25, -0.2) is 9.34 Å². The smallest absolute Gasteiger partial charge is 0.215 e. The molecule has 0 radical (unpaired) electrons. The predicted molar refractivity (Wildman–Crippen MR) is 54.8 cm³/mol. The second-order valence-electron chi connectivity index (χ2n) is 3.44. The third-order valence-corrected chi connectivity index (χ3v) is 5.45. The van der Waals surface area contributed by atoms with E-state index < -0.39 is 7.44 Å². The first-order valence-electron chi connectivity index (χ1n) is 4.39. The van der Waals surface area contributed by atoms with E-state index in [-0.39, 0.29) is 0 Å². The van der Waals surface area contributed by atoms with Crippen LogP contribution in [0.2, 0.25) is 0 Å². The molecule has 0 aromatic rings. The molecule has 0 aliphatic heterocycles. The Bertz CT molecular complexity index is 156. The average molecular weight is 192 g/mol. The Balaban J connectivity index is 4.31. The molecule has 0 aliphatic carbocycles. The van der Waals surface area contributed by atoms with Gasteiger partial charge in [0.1, 0.15) is 0 Å². The summed E-state index contributed by atoms with van der Waals surface area (Å²) in [5.41, 5.74) is 0. The van der Waals surface area contributed by atoms with Gasteiger partial charge < -0.3 is 0 Å². The van der Waals surface area contributed by atoms with Gasteiger partial charge in [0, 0.05) is 6.16 Å². The molecule has 74 valence electrons. The Kier molecular flexibility index (Phi) is 5.07. The number of hydrogen-bond acceptors (Lipinski definition) is 1. The van der Waals surface area contributed by atoms with Crippen molar-refractivity contribution < 1.29 is 4.57 Å². The van der Waals surface area contributed by atoms with E-state index in [1.165, 1.54) is 0 Å². The summed E-state index contributed by atoms with van der Waals surface area (Å²) in [7, 11) is 5.33. The molecule has 0 spiro atoms. The van der Waals surface area contributed by atoms with Gasteiger partial charge in [-0.3, -0.25) is 4.57 Å². The van der Waals surface area contributed by atoms with Gasteiger partial charge in [-0.15, -0.1) is 0 Å². The van der Waals surface area contributed by atoms with Crippen LogP contribution in [-0.4, -0.2) is 43.7 Å². The van der Waals surface area contributed by atoms with Crippen molar-refractivity contribution in [3.8, 4) is 0 Å². The van der Waals surface area contributed by atoms with Crippen molar-refractivity contribution in [2.45, 2.75) is 19.8 Å². The van der Waals surface area contributed by atoms with Gasteiger partial charge in [0.15, 0.2) is 0 Å². The molecule has 0 bridgehead atoms. The lowest BCUT2D eigenvalue weighted by Gasteiger charge is -2.30. The third kappa shape index (κ3) is 2.89. The molecule has 0 amide bonds. The van der Waals surface area contributed by atoms with Crippen LogP contribution in [-0.2, 0) is 4.57 Å². The second-order valence-corrected chi connectivity index (χ2v) is 6.81. The van der Waals surface area contributed by atoms with Gasteiger partial charge in [-0.2, -0.15) is 0 Å². The van der Waals surface area contributed by atoms with Gasteiger partial charge in [0.25, 0.3) is 0 Å². The molecule has 4 heteroatoms. The summed E-state index contributed by atoms with van der Waals surface area (Å²) in [5, 5.41) is 0. The minimum absolute atomic E-state index is 0.795. The Labute approximate surface area is 76.2 Å². The zero-order valence-electron chi connectivity index (χ0n) is 8.87. The standard InChI is InChI=1S/C8H21N2OP/c1-6-7-8-12(11,9(2)3)10(4)5/h6-8H2,1-5H3. The second kappa shape index (κ2) is 5.00. The van der Waals surface area contributed by atoms with Crippen molar-refractivity contribution in [2.24, 2.45) is 0 Å². The summed E-state index contributed by atoms with van der Waals surface area (Å²) in [6, 6.07) is 0. The zero-order valence-corrected chi connectivity index (χ0v) is 9.77. The molecular formula is C8H21N2OP. The van der Waals surface area contributed by atoms with E-state index >= 15 is 0 Å². The molecule has 0 saturated carbocycles. The van der Waals surface area contributed by atoms with Crippen LogP contribution in [0.5, 0.6) is 0 Å². The minimum atomic E-state index is -2.21. The molecule has 0 aromatic heterocycles. The normalized spacial score (nSPS) is 12.9. The van der Waals surface area contributed by atoms with Crippen LogP contribution in [0.1, 0.15) is 19.8 Å². The minimum Gasteiger partial charge on any atom is -0.289 e. The number of unbranched alkanes of at least 4 members (excludes halogenated alkanes) is 1. The van der Waals surface area contributed by atoms with Crippen LogP contribution in [0.3, 0.4) is 0 Å². The zero-order chi connectivity index (χ0) is 9.78. The van der Waals surface area contributed by atoms with E-state index in [1.54, 1.807) is 0 Å². The van der Waals surface area contributed by atoms with Crippen molar-refractivity contribution in [2.75, 3.05) is 34.4 Å². The van der Waals surface area contributed by atoms with Crippen molar-refractivity contribution >= 4 is 7.44 Å². The van der Waals surface area contributed by atoms with Gasteiger partial charge in [-0.05, 0) is 34.6 Å². The van der Waals surface area contributed by atoms with Crippen molar-refractivity contribution in [1.29, 1.82) is 0 Å². The maximum absolute atomic E-state index is 12.2. The largest absolute Gasteiger partial charge is 0.289 e. The highest BCUT2D eigenvalue weighted by Gasteiger charge is 2.26. The number of hydrogen-bond donors (Lipinski definition) is 0. The first-order valence-corrected chi connectivity index (χ1v) is 6.19. The van der Waals surface area contributed by atoms with E-state index in [4.69, 9.17) is 0 Å². The summed E-state index contributed by atoms with van der Waals surface area (Å²) < 4.78 is 15.9. The fourth-order valence-corrected chi connectivity index (χ4v) is 3.37. The summed E-state index contributed by atoms with van der Waals surface area (Å²) in [4.78, 5) is 0. The lowest BCUT2D eigenvalue weighted by atomic mass is 10.4. The summed E-state index contributed by atoms with van der Waals surface area (Å²) in [5.74, 6) is 0. The molecule has 3 nitrogen and oxygen atoms in total. The van der Waals surface area contributed by atoms with E-state index in [0.29, 0.717) is 0 Å². The molecule has 0 N–H and O–H groups in total. The van der Waals surface area contributed by atoms with Gasteiger partial charge in [-0.1, -0.05) is 13.3 Å². The summed E-state index contributed by atoms with van der Waals surface area (Å²) in [6.45, 7) is 2.12. The molecule has 0 fully saturated rings. The fraction of sp³-hybridized carbons (Fsp3) is 1.00. The van der Waals surface area contributed by atoms with Gasteiger partial charge >= 0.3 is 0 Å². The van der Waals surface area contributed by atoms with Crippen LogP contribution < -0.4 is 0 Å². The lowest BCUT2D eigenvalue weighted by molar-refractivity contribution is 0.445. The molecule has 0 unspecified atom stereocenters. The van der Waals surface area contributed by atoms with Crippen molar-refractivity contribution in [1.82, 2.24) is 9.34 Å². The average Bonchev–Trinajstić information content (AvgIpc) is 1.99. The SMILES string of the molecule is CCCCP(=O)(N(C)C)N(C)C. The Morgan fingerprint density at radius 1 is 1.08 bits per heavy atom. The van der Waals surface area contributed by atoms with Crippen LogP contribution in [0.4, 0.5) is 0 Å². The van der Waals surface area contributed by atoms with Gasteiger partial charge in [0.05, 0.1) is 0 Å². The molecule has 0 aliphatic rings. The molecule has 0 saturated heterocycles. The molecule has 12 heavy (non-hydrogen) atoms. The van der Waals surface area contributed by atoms with E-state index in [1.807, 2.05) is 37.5 Å². The highest BCUT2D eigenvalue weighted by atomic mass is 31.2. The lowest BCUT2D eigenvalue weighted by Crippen LogP contribution is -2.23. The monoisotopic (exact) mass is 192 g/mol. The number of rotatable bonds is 5. The predicted octanol–water partition coefficient (Wildman–Crippen LogP) is 2.10. The fourth-order valence-electron chi connectivity index (χ4n) is 1.12. The first kappa shape index (κ1) is 12.2. The van der Waals surface area contributed by atoms with Crippen molar-refractivity contribution in [3.05, 3.63) is 0 Å². The Morgan fingerprint density at radius 3 is 1.75 bits per heavy atom. The van der Waals surface area contributed by atoms with Crippen molar-refractivity contribution in [3.63, 3.8) is 0 Å². The summed E-state index contributed by atoms with van der Waals surface area (Å²) in [6.07, 6.45) is 2.93. The van der Waals surface area contributed by atoms with Crippen LogP contribution in [0.25, 0.3) is 0 Å². The topological polar surface area (TPSA) is 23.6 Å². The van der Waals surface area contributed by atoms with Crippen LogP contribution in [0.15, 0.2) is 0 Å².